The highest BCUT2D eigenvalue weighted by Crippen LogP contribution is 2.06. The van der Waals surface area contributed by atoms with Gasteiger partial charge in [-0.05, 0) is 31.9 Å². The van der Waals surface area contributed by atoms with Crippen LogP contribution in [0.5, 0.6) is 0 Å². The zero-order valence-electron chi connectivity index (χ0n) is 13.4. The standard InChI is InChI=1S/C16H25N3O3/c1-16(2,3)22-15(21)19-9-8-18-14(20)10-12-4-6-13(11-17)7-5-12/h4-7H,8-11,17H2,1-3H3,(H,18,20)(H,19,21). The maximum atomic E-state index is 11.8. The van der Waals surface area contributed by atoms with E-state index in [0.717, 1.165) is 11.1 Å². The molecule has 0 saturated carbocycles. The fourth-order valence-corrected chi connectivity index (χ4v) is 1.72. The molecule has 6 nitrogen and oxygen atoms in total. The molecule has 6 heteroatoms. The Morgan fingerprint density at radius 2 is 1.59 bits per heavy atom. The molecule has 0 aliphatic rings. The molecular formula is C16H25N3O3. The molecule has 0 unspecified atom stereocenters. The van der Waals surface area contributed by atoms with E-state index in [1.54, 1.807) is 20.8 Å². The van der Waals surface area contributed by atoms with Crippen molar-refractivity contribution in [3.05, 3.63) is 35.4 Å². The summed E-state index contributed by atoms with van der Waals surface area (Å²) < 4.78 is 5.09. The first-order valence-corrected chi connectivity index (χ1v) is 7.31. The van der Waals surface area contributed by atoms with Crippen molar-refractivity contribution >= 4 is 12.0 Å². The number of alkyl carbamates (subject to hydrolysis) is 1. The molecule has 0 saturated heterocycles. The van der Waals surface area contributed by atoms with Gasteiger partial charge >= 0.3 is 6.09 Å². The van der Waals surface area contributed by atoms with Crippen LogP contribution < -0.4 is 16.4 Å². The van der Waals surface area contributed by atoms with E-state index in [9.17, 15) is 9.59 Å². The molecule has 0 fully saturated rings. The minimum Gasteiger partial charge on any atom is -0.444 e. The molecule has 4 N–H and O–H groups in total. The average Bonchev–Trinajstić information content (AvgIpc) is 2.42. The van der Waals surface area contributed by atoms with E-state index in [4.69, 9.17) is 10.5 Å². The first-order valence-electron chi connectivity index (χ1n) is 7.31. The summed E-state index contributed by atoms with van der Waals surface area (Å²) in [6.45, 7) is 6.56. The van der Waals surface area contributed by atoms with Crippen LogP contribution in [-0.2, 0) is 22.5 Å². The normalized spacial score (nSPS) is 10.9. The highest BCUT2D eigenvalue weighted by Gasteiger charge is 2.15. The van der Waals surface area contributed by atoms with Crippen molar-refractivity contribution in [1.82, 2.24) is 10.6 Å². The Balaban J connectivity index is 2.21. The predicted octanol–water partition coefficient (Wildman–Crippen LogP) is 1.33. The first-order chi connectivity index (χ1) is 10.3. The maximum Gasteiger partial charge on any atom is 0.407 e. The second kappa shape index (κ2) is 8.38. The molecule has 1 rings (SSSR count). The fraction of sp³-hybridized carbons (Fsp3) is 0.500. The molecule has 1 aromatic carbocycles. The van der Waals surface area contributed by atoms with E-state index in [0.29, 0.717) is 26.1 Å². The van der Waals surface area contributed by atoms with E-state index in [1.807, 2.05) is 24.3 Å². The summed E-state index contributed by atoms with van der Waals surface area (Å²) >= 11 is 0. The summed E-state index contributed by atoms with van der Waals surface area (Å²) in [5.74, 6) is -0.0912. The minimum absolute atomic E-state index is 0.0912. The zero-order valence-corrected chi connectivity index (χ0v) is 13.4. The van der Waals surface area contributed by atoms with Crippen molar-refractivity contribution in [3.63, 3.8) is 0 Å². The first kappa shape index (κ1) is 18.0. The van der Waals surface area contributed by atoms with Gasteiger partial charge < -0.3 is 21.1 Å². The number of nitrogens with two attached hydrogens (primary N) is 1. The zero-order chi connectivity index (χ0) is 16.6. The Morgan fingerprint density at radius 1 is 1.05 bits per heavy atom. The number of hydrogen-bond donors (Lipinski definition) is 3. The van der Waals surface area contributed by atoms with Crippen LogP contribution in [0.15, 0.2) is 24.3 Å². The highest BCUT2D eigenvalue weighted by molar-refractivity contribution is 5.78. The number of ether oxygens (including phenoxy) is 1. The largest absolute Gasteiger partial charge is 0.444 e. The van der Waals surface area contributed by atoms with Gasteiger partial charge in [-0.1, -0.05) is 24.3 Å². The summed E-state index contributed by atoms with van der Waals surface area (Å²) in [5, 5.41) is 5.33. The second-order valence-corrected chi connectivity index (χ2v) is 5.98. The topological polar surface area (TPSA) is 93.5 Å². The summed E-state index contributed by atoms with van der Waals surface area (Å²) in [7, 11) is 0. The molecule has 0 radical (unpaired) electrons. The number of rotatable bonds is 6. The van der Waals surface area contributed by atoms with Crippen LogP contribution in [0.4, 0.5) is 4.79 Å². The van der Waals surface area contributed by atoms with Crippen LogP contribution in [0.25, 0.3) is 0 Å². The predicted molar refractivity (Wildman–Crippen MR) is 85.3 cm³/mol. The fourth-order valence-electron chi connectivity index (χ4n) is 1.72. The summed E-state index contributed by atoms with van der Waals surface area (Å²) in [6, 6.07) is 7.60. The van der Waals surface area contributed by atoms with E-state index in [2.05, 4.69) is 10.6 Å². The van der Waals surface area contributed by atoms with Gasteiger partial charge in [-0.25, -0.2) is 4.79 Å². The second-order valence-electron chi connectivity index (χ2n) is 5.98. The Labute approximate surface area is 131 Å². The third kappa shape index (κ3) is 7.64. The van der Waals surface area contributed by atoms with Gasteiger partial charge in [-0.2, -0.15) is 0 Å². The molecule has 0 aromatic heterocycles. The number of hydrogen-bond acceptors (Lipinski definition) is 4. The molecule has 0 heterocycles. The molecule has 0 bridgehead atoms. The molecule has 0 aliphatic carbocycles. The Hall–Kier alpha value is -2.08. The lowest BCUT2D eigenvalue weighted by molar-refractivity contribution is -0.120. The number of nitrogens with one attached hydrogen (secondary N) is 2. The van der Waals surface area contributed by atoms with Crippen LogP contribution in [-0.4, -0.2) is 30.7 Å². The van der Waals surface area contributed by atoms with Gasteiger partial charge in [0.2, 0.25) is 5.91 Å². The number of carbonyl (C=O) groups is 2. The van der Waals surface area contributed by atoms with Crippen molar-refractivity contribution in [2.75, 3.05) is 13.1 Å². The van der Waals surface area contributed by atoms with Gasteiger partial charge in [-0.15, -0.1) is 0 Å². The summed E-state index contributed by atoms with van der Waals surface area (Å²) in [5.41, 5.74) is 6.95. The summed E-state index contributed by atoms with van der Waals surface area (Å²) in [4.78, 5) is 23.2. The number of carbonyl (C=O) groups excluding carboxylic acids is 2. The van der Waals surface area contributed by atoms with Gasteiger partial charge in [0.15, 0.2) is 0 Å². The molecular weight excluding hydrogens is 282 g/mol. The van der Waals surface area contributed by atoms with Gasteiger partial charge in [0.05, 0.1) is 6.42 Å². The van der Waals surface area contributed by atoms with E-state index < -0.39 is 11.7 Å². The highest BCUT2D eigenvalue weighted by atomic mass is 16.6. The van der Waals surface area contributed by atoms with Gasteiger partial charge in [0, 0.05) is 19.6 Å². The molecule has 1 aromatic rings. The maximum absolute atomic E-state index is 11.8. The Bertz CT molecular complexity index is 492. The van der Waals surface area contributed by atoms with Gasteiger partial charge in [0.1, 0.15) is 5.60 Å². The van der Waals surface area contributed by atoms with Crippen LogP contribution in [0.1, 0.15) is 31.9 Å². The molecule has 2 amide bonds. The molecule has 0 atom stereocenters. The van der Waals surface area contributed by atoms with Crippen molar-refractivity contribution in [3.8, 4) is 0 Å². The summed E-state index contributed by atoms with van der Waals surface area (Å²) in [6.07, 6.45) is -0.184. The van der Waals surface area contributed by atoms with Crippen LogP contribution >= 0.6 is 0 Å². The van der Waals surface area contributed by atoms with Gasteiger partial charge in [-0.3, -0.25) is 4.79 Å². The Kier molecular flexibility index (Phi) is 6.85. The number of benzene rings is 1. The molecule has 122 valence electrons. The smallest absolute Gasteiger partial charge is 0.407 e. The van der Waals surface area contributed by atoms with E-state index >= 15 is 0 Å². The van der Waals surface area contributed by atoms with Crippen molar-refractivity contribution < 1.29 is 14.3 Å². The molecule has 0 spiro atoms. The lowest BCUT2D eigenvalue weighted by Gasteiger charge is -2.19. The average molecular weight is 307 g/mol. The van der Waals surface area contributed by atoms with Crippen LogP contribution in [0, 0.1) is 0 Å². The van der Waals surface area contributed by atoms with Gasteiger partial charge in [0.25, 0.3) is 0 Å². The lowest BCUT2D eigenvalue weighted by Crippen LogP contribution is -2.38. The SMILES string of the molecule is CC(C)(C)OC(=O)NCCNC(=O)Cc1ccc(CN)cc1. The quantitative estimate of drug-likeness (QED) is 0.691. The third-order valence-corrected chi connectivity index (χ3v) is 2.74. The third-order valence-electron chi connectivity index (χ3n) is 2.74. The monoisotopic (exact) mass is 307 g/mol. The van der Waals surface area contributed by atoms with Crippen molar-refractivity contribution in [2.45, 2.75) is 39.3 Å². The van der Waals surface area contributed by atoms with Crippen LogP contribution in [0.2, 0.25) is 0 Å². The number of amides is 2. The van der Waals surface area contributed by atoms with E-state index in [-0.39, 0.29) is 5.91 Å². The van der Waals surface area contributed by atoms with Crippen LogP contribution in [0.3, 0.4) is 0 Å². The Morgan fingerprint density at radius 3 is 2.14 bits per heavy atom. The molecule has 0 aliphatic heterocycles. The van der Waals surface area contributed by atoms with Crippen molar-refractivity contribution in [1.29, 1.82) is 0 Å². The molecule has 22 heavy (non-hydrogen) atoms. The van der Waals surface area contributed by atoms with Crippen molar-refractivity contribution in [2.24, 2.45) is 5.73 Å². The minimum atomic E-state index is -0.525. The lowest BCUT2D eigenvalue weighted by atomic mass is 10.1. The van der Waals surface area contributed by atoms with E-state index in [1.165, 1.54) is 0 Å².